The summed E-state index contributed by atoms with van der Waals surface area (Å²) in [5.41, 5.74) is -0.312. The second-order valence-corrected chi connectivity index (χ2v) is 5.91. The molecule has 0 heterocycles. The van der Waals surface area contributed by atoms with Crippen LogP contribution in [-0.2, 0) is 27.4 Å². The van der Waals surface area contributed by atoms with Crippen LogP contribution >= 0.6 is 0 Å². The zero-order chi connectivity index (χ0) is 21.8. The molecule has 0 aliphatic carbocycles. The van der Waals surface area contributed by atoms with E-state index in [2.05, 4.69) is 4.74 Å². The maximum Gasteiger partial charge on any atom is 0.422 e. The van der Waals surface area contributed by atoms with Crippen molar-refractivity contribution in [1.29, 1.82) is 0 Å². The van der Waals surface area contributed by atoms with Gasteiger partial charge in [0.1, 0.15) is 23.3 Å². The predicted octanol–water partition coefficient (Wildman–Crippen LogP) is 3.88. The van der Waals surface area contributed by atoms with E-state index in [-0.39, 0.29) is 11.1 Å². The Hall–Kier alpha value is -3.11. The molecule has 11 heteroatoms. The SMILES string of the molecule is O=C(OCC(F)(F)F)C(=O)N(Cc1cc(F)cc(F)c1)Cc1cc(F)cc(F)c1. The van der Waals surface area contributed by atoms with Crippen molar-refractivity contribution in [3.05, 3.63) is 70.8 Å². The number of rotatable bonds is 5. The lowest BCUT2D eigenvalue weighted by Crippen LogP contribution is -2.38. The van der Waals surface area contributed by atoms with Crippen molar-refractivity contribution < 1.29 is 45.1 Å². The molecule has 0 saturated carbocycles. The summed E-state index contributed by atoms with van der Waals surface area (Å²) in [5, 5.41) is 0. The van der Waals surface area contributed by atoms with E-state index < -0.39 is 61.0 Å². The molecule has 2 aromatic carbocycles. The summed E-state index contributed by atoms with van der Waals surface area (Å²) in [6.45, 7) is -3.33. The van der Waals surface area contributed by atoms with E-state index in [1.165, 1.54) is 0 Å². The second-order valence-electron chi connectivity index (χ2n) is 5.91. The third-order valence-electron chi connectivity index (χ3n) is 3.42. The number of nitrogens with zero attached hydrogens (tertiary/aromatic N) is 1. The lowest BCUT2D eigenvalue weighted by molar-refractivity contribution is -0.189. The van der Waals surface area contributed by atoms with Gasteiger partial charge in [-0.25, -0.2) is 22.4 Å². The van der Waals surface area contributed by atoms with Gasteiger partial charge in [-0.15, -0.1) is 0 Å². The summed E-state index contributed by atoms with van der Waals surface area (Å²) in [4.78, 5) is 24.4. The average molecular weight is 423 g/mol. The van der Waals surface area contributed by atoms with E-state index in [4.69, 9.17) is 0 Å². The smallest absolute Gasteiger partial charge is 0.422 e. The lowest BCUT2D eigenvalue weighted by Gasteiger charge is -2.22. The van der Waals surface area contributed by atoms with E-state index in [1.807, 2.05) is 0 Å². The van der Waals surface area contributed by atoms with Crippen LogP contribution in [0.4, 0.5) is 30.7 Å². The van der Waals surface area contributed by atoms with Crippen molar-refractivity contribution in [3.63, 3.8) is 0 Å². The van der Waals surface area contributed by atoms with E-state index >= 15 is 0 Å². The molecule has 0 saturated heterocycles. The molecule has 0 aliphatic rings. The molecule has 4 nitrogen and oxygen atoms in total. The van der Waals surface area contributed by atoms with Crippen LogP contribution in [0.5, 0.6) is 0 Å². The molecule has 0 spiro atoms. The van der Waals surface area contributed by atoms with Crippen LogP contribution in [0.25, 0.3) is 0 Å². The van der Waals surface area contributed by atoms with Gasteiger partial charge in [0.15, 0.2) is 6.61 Å². The normalized spacial score (nSPS) is 11.3. The van der Waals surface area contributed by atoms with Gasteiger partial charge in [0.2, 0.25) is 0 Å². The maximum atomic E-state index is 13.4. The van der Waals surface area contributed by atoms with Crippen molar-refractivity contribution >= 4 is 11.9 Å². The highest BCUT2D eigenvalue weighted by Gasteiger charge is 2.32. The van der Waals surface area contributed by atoms with Gasteiger partial charge in [0.25, 0.3) is 0 Å². The van der Waals surface area contributed by atoms with Gasteiger partial charge in [0, 0.05) is 25.2 Å². The summed E-state index contributed by atoms with van der Waals surface area (Å²) >= 11 is 0. The van der Waals surface area contributed by atoms with Crippen molar-refractivity contribution in [3.8, 4) is 0 Å². The van der Waals surface area contributed by atoms with Crippen LogP contribution in [0, 0.1) is 23.3 Å². The molecular formula is C18H12F7NO3. The van der Waals surface area contributed by atoms with Gasteiger partial charge >= 0.3 is 18.1 Å². The van der Waals surface area contributed by atoms with Gasteiger partial charge in [-0.2, -0.15) is 13.2 Å². The fourth-order valence-electron chi connectivity index (χ4n) is 2.38. The summed E-state index contributed by atoms with van der Waals surface area (Å²) in [6, 6.07) is 4.34. The first-order valence-electron chi connectivity index (χ1n) is 7.85. The highest BCUT2D eigenvalue weighted by atomic mass is 19.4. The lowest BCUT2D eigenvalue weighted by atomic mass is 10.1. The molecule has 2 aromatic rings. The molecule has 0 aromatic heterocycles. The highest BCUT2D eigenvalue weighted by molar-refractivity contribution is 6.32. The van der Waals surface area contributed by atoms with E-state index in [1.54, 1.807) is 0 Å². The molecule has 156 valence electrons. The van der Waals surface area contributed by atoms with Crippen LogP contribution in [0.3, 0.4) is 0 Å². The first kappa shape index (κ1) is 22.2. The summed E-state index contributed by atoms with van der Waals surface area (Å²) in [7, 11) is 0. The van der Waals surface area contributed by atoms with Crippen LogP contribution in [0.2, 0.25) is 0 Å². The number of hydrogen-bond donors (Lipinski definition) is 0. The fraction of sp³-hybridized carbons (Fsp3) is 0.222. The average Bonchev–Trinajstić information content (AvgIpc) is 2.56. The first-order valence-corrected chi connectivity index (χ1v) is 7.85. The van der Waals surface area contributed by atoms with Crippen molar-refractivity contribution in [2.75, 3.05) is 6.61 Å². The minimum absolute atomic E-state index is 0.156. The summed E-state index contributed by atoms with van der Waals surface area (Å²) in [6.07, 6.45) is -4.89. The Bertz CT molecular complexity index is 821. The zero-order valence-corrected chi connectivity index (χ0v) is 14.4. The largest absolute Gasteiger partial charge is 0.449 e. The Morgan fingerprint density at radius 1 is 0.759 bits per heavy atom. The number of amides is 1. The fourth-order valence-corrected chi connectivity index (χ4v) is 2.38. The van der Waals surface area contributed by atoms with Crippen molar-refractivity contribution in [2.45, 2.75) is 19.3 Å². The Labute approximate surface area is 159 Å². The zero-order valence-electron chi connectivity index (χ0n) is 14.4. The van der Waals surface area contributed by atoms with Crippen molar-refractivity contribution in [2.24, 2.45) is 0 Å². The Kier molecular flexibility index (Phi) is 6.83. The second kappa shape index (κ2) is 8.93. The minimum Gasteiger partial charge on any atom is -0.449 e. The number of esters is 1. The minimum atomic E-state index is -4.89. The van der Waals surface area contributed by atoms with Crippen LogP contribution in [-0.4, -0.2) is 29.6 Å². The monoisotopic (exact) mass is 423 g/mol. The van der Waals surface area contributed by atoms with E-state index in [0.29, 0.717) is 17.0 Å². The predicted molar refractivity (Wildman–Crippen MR) is 84.0 cm³/mol. The number of carbonyl (C=O) groups is 2. The summed E-state index contributed by atoms with van der Waals surface area (Å²) in [5.74, 6) is -7.53. The van der Waals surface area contributed by atoms with Gasteiger partial charge < -0.3 is 9.64 Å². The molecule has 0 aliphatic heterocycles. The number of hydrogen-bond acceptors (Lipinski definition) is 3. The molecule has 2 rings (SSSR count). The molecule has 0 radical (unpaired) electrons. The summed E-state index contributed by atoms with van der Waals surface area (Å²) < 4.78 is 93.9. The first-order chi connectivity index (χ1) is 13.4. The molecule has 0 fully saturated rings. The van der Waals surface area contributed by atoms with Gasteiger partial charge in [0.05, 0.1) is 0 Å². The maximum absolute atomic E-state index is 13.4. The molecule has 1 amide bonds. The molecule has 29 heavy (non-hydrogen) atoms. The third-order valence-corrected chi connectivity index (χ3v) is 3.42. The molecule has 0 atom stereocenters. The van der Waals surface area contributed by atoms with Gasteiger partial charge in [-0.3, -0.25) is 4.79 Å². The van der Waals surface area contributed by atoms with Crippen molar-refractivity contribution in [1.82, 2.24) is 4.90 Å². The number of ether oxygens (including phenoxy) is 1. The number of carbonyl (C=O) groups excluding carboxylic acids is 2. The van der Waals surface area contributed by atoms with Crippen LogP contribution in [0.1, 0.15) is 11.1 Å². The Morgan fingerprint density at radius 2 is 1.14 bits per heavy atom. The van der Waals surface area contributed by atoms with E-state index in [0.717, 1.165) is 24.3 Å². The van der Waals surface area contributed by atoms with Crippen LogP contribution in [0.15, 0.2) is 36.4 Å². The Morgan fingerprint density at radius 3 is 1.48 bits per heavy atom. The van der Waals surface area contributed by atoms with Gasteiger partial charge in [-0.1, -0.05) is 0 Å². The van der Waals surface area contributed by atoms with Gasteiger partial charge in [-0.05, 0) is 35.4 Å². The quantitative estimate of drug-likeness (QED) is 0.417. The standard InChI is InChI=1S/C18H12F7NO3/c19-12-1-10(2-13(20)5-12)7-26(8-11-3-14(21)6-15(22)4-11)16(27)17(28)29-9-18(23,24)25/h1-6H,7-9H2. The molecule has 0 unspecified atom stereocenters. The van der Waals surface area contributed by atoms with E-state index in [9.17, 15) is 40.3 Å². The highest BCUT2D eigenvalue weighted by Crippen LogP contribution is 2.18. The molecule has 0 bridgehead atoms. The number of halogens is 7. The number of benzene rings is 2. The molecular weight excluding hydrogens is 411 g/mol. The topological polar surface area (TPSA) is 46.6 Å². The van der Waals surface area contributed by atoms with Crippen LogP contribution < -0.4 is 0 Å². The Balaban J connectivity index is 2.28. The third kappa shape index (κ3) is 7.09. The number of alkyl halides is 3. The molecule has 0 N–H and O–H groups in total.